The fraction of sp³-hybridized carbons (Fsp3) is 0.250. The highest BCUT2D eigenvalue weighted by atomic mass is 79.9. The molecule has 96 valence electrons. The average molecular weight is 334 g/mol. The number of rotatable bonds is 3. The van der Waals surface area contributed by atoms with Crippen LogP contribution in [0, 0.1) is 5.82 Å². The Morgan fingerprint density at radius 1 is 1.56 bits per heavy atom. The zero-order valence-corrected chi connectivity index (χ0v) is 11.9. The van der Waals surface area contributed by atoms with Crippen molar-refractivity contribution in [1.29, 1.82) is 0 Å². The zero-order chi connectivity index (χ0) is 13.3. The number of aryl methyl sites for hydroxylation is 1. The Morgan fingerprint density at radius 3 is 2.94 bits per heavy atom. The van der Waals surface area contributed by atoms with Gasteiger partial charge in [0, 0.05) is 12.1 Å². The predicted octanol–water partition coefficient (Wildman–Crippen LogP) is 3.54. The number of aliphatic hydroxyl groups is 1. The molecule has 6 heteroatoms. The van der Waals surface area contributed by atoms with Crippen molar-refractivity contribution < 1.29 is 9.50 Å². The molecule has 0 bridgehead atoms. The van der Waals surface area contributed by atoms with Crippen LogP contribution in [0.2, 0.25) is 5.02 Å². The van der Waals surface area contributed by atoms with Gasteiger partial charge >= 0.3 is 0 Å². The van der Waals surface area contributed by atoms with Crippen molar-refractivity contribution in [1.82, 2.24) is 9.78 Å². The van der Waals surface area contributed by atoms with Crippen molar-refractivity contribution in [2.45, 2.75) is 19.6 Å². The number of halogens is 3. The molecule has 1 unspecified atom stereocenters. The standard InChI is InChI=1S/C12H11BrClFN2O/c1-2-17-11(8(14)6-16-17)12(18)7-4-3-5-9(15)10(7)13/h3-6,12,18H,2H2,1H3. The van der Waals surface area contributed by atoms with Crippen LogP contribution < -0.4 is 0 Å². The van der Waals surface area contributed by atoms with Crippen molar-refractivity contribution in [2.24, 2.45) is 0 Å². The van der Waals surface area contributed by atoms with Gasteiger partial charge in [-0.2, -0.15) is 5.10 Å². The van der Waals surface area contributed by atoms with Crippen LogP contribution in [0.4, 0.5) is 4.39 Å². The Labute approximate surface area is 117 Å². The molecule has 0 fully saturated rings. The first kappa shape index (κ1) is 13.5. The number of benzene rings is 1. The number of hydrogen-bond donors (Lipinski definition) is 1. The van der Waals surface area contributed by atoms with Crippen molar-refractivity contribution in [3.8, 4) is 0 Å². The minimum Gasteiger partial charge on any atom is -0.382 e. The van der Waals surface area contributed by atoms with Crippen molar-refractivity contribution in [3.63, 3.8) is 0 Å². The summed E-state index contributed by atoms with van der Waals surface area (Å²) in [4.78, 5) is 0. The minimum absolute atomic E-state index is 0.234. The van der Waals surface area contributed by atoms with E-state index in [-0.39, 0.29) is 4.47 Å². The SMILES string of the molecule is CCn1ncc(Cl)c1C(O)c1cccc(F)c1Br. The minimum atomic E-state index is -1.02. The number of hydrogen-bond acceptors (Lipinski definition) is 2. The number of aliphatic hydroxyl groups excluding tert-OH is 1. The molecule has 1 N–H and O–H groups in total. The molecule has 0 saturated carbocycles. The summed E-state index contributed by atoms with van der Waals surface area (Å²) >= 11 is 9.14. The lowest BCUT2D eigenvalue weighted by Gasteiger charge is -2.15. The third-order valence-electron chi connectivity index (χ3n) is 2.67. The van der Waals surface area contributed by atoms with Gasteiger partial charge in [0.2, 0.25) is 0 Å². The Bertz CT molecular complexity index is 573. The van der Waals surface area contributed by atoms with Gasteiger partial charge in [0.1, 0.15) is 11.9 Å². The topological polar surface area (TPSA) is 38.0 Å². The maximum atomic E-state index is 13.5. The van der Waals surface area contributed by atoms with E-state index in [1.807, 2.05) is 6.92 Å². The number of aromatic nitrogens is 2. The maximum Gasteiger partial charge on any atom is 0.137 e. The van der Waals surface area contributed by atoms with Gasteiger partial charge < -0.3 is 5.11 Å². The molecular formula is C12H11BrClFN2O. The fourth-order valence-corrected chi connectivity index (χ4v) is 2.50. The van der Waals surface area contributed by atoms with E-state index in [1.54, 1.807) is 16.8 Å². The van der Waals surface area contributed by atoms with Gasteiger partial charge in [0.05, 0.1) is 21.4 Å². The van der Waals surface area contributed by atoms with Crippen molar-refractivity contribution >= 4 is 27.5 Å². The quantitative estimate of drug-likeness (QED) is 0.933. The van der Waals surface area contributed by atoms with Gasteiger partial charge in [-0.25, -0.2) is 4.39 Å². The van der Waals surface area contributed by atoms with E-state index in [2.05, 4.69) is 21.0 Å². The third-order valence-corrected chi connectivity index (χ3v) is 3.80. The van der Waals surface area contributed by atoms with E-state index in [9.17, 15) is 9.50 Å². The second-order valence-corrected chi connectivity index (χ2v) is 4.94. The number of nitrogens with zero attached hydrogens (tertiary/aromatic N) is 2. The molecule has 0 spiro atoms. The average Bonchev–Trinajstić information content (AvgIpc) is 2.73. The lowest BCUT2D eigenvalue weighted by Crippen LogP contribution is -2.10. The van der Waals surface area contributed by atoms with Gasteiger partial charge in [-0.05, 0) is 28.9 Å². The second-order valence-electron chi connectivity index (χ2n) is 3.74. The molecule has 2 aromatic rings. The van der Waals surface area contributed by atoms with E-state index in [0.717, 1.165) is 0 Å². The molecule has 3 nitrogen and oxygen atoms in total. The van der Waals surface area contributed by atoms with E-state index in [1.165, 1.54) is 12.3 Å². The smallest absolute Gasteiger partial charge is 0.137 e. The molecule has 1 heterocycles. The van der Waals surface area contributed by atoms with Crippen LogP contribution in [0.15, 0.2) is 28.9 Å². The van der Waals surface area contributed by atoms with Crippen LogP contribution in [0.3, 0.4) is 0 Å². The van der Waals surface area contributed by atoms with Gasteiger partial charge in [0.15, 0.2) is 0 Å². The molecule has 1 atom stereocenters. The van der Waals surface area contributed by atoms with E-state index < -0.39 is 11.9 Å². The van der Waals surface area contributed by atoms with E-state index >= 15 is 0 Å². The highest BCUT2D eigenvalue weighted by Crippen LogP contribution is 2.33. The van der Waals surface area contributed by atoms with Crippen LogP contribution >= 0.6 is 27.5 Å². The summed E-state index contributed by atoms with van der Waals surface area (Å²) in [6, 6.07) is 4.50. The molecule has 18 heavy (non-hydrogen) atoms. The maximum absolute atomic E-state index is 13.5. The van der Waals surface area contributed by atoms with E-state index in [4.69, 9.17) is 11.6 Å². The van der Waals surface area contributed by atoms with Gasteiger partial charge in [0.25, 0.3) is 0 Å². The fourth-order valence-electron chi connectivity index (χ4n) is 1.77. The van der Waals surface area contributed by atoms with Crippen molar-refractivity contribution in [3.05, 3.63) is 51.0 Å². The summed E-state index contributed by atoms with van der Waals surface area (Å²) in [6.45, 7) is 2.46. The van der Waals surface area contributed by atoms with Crippen molar-refractivity contribution in [2.75, 3.05) is 0 Å². The molecule has 0 aliphatic rings. The Morgan fingerprint density at radius 2 is 2.28 bits per heavy atom. The first-order valence-electron chi connectivity index (χ1n) is 5.39. The Hall–Kier alpha value is -0.910. The normalized spacial score (nSPS) is 12.7. The molecule has 1 aromatic heterocycles. The summed E-state index contributed by atoms with van der Waals surface area (Å²) in [7, 11) is 0. The molecule has 1 aromatic carbocycles. The first-order chi connectivity index (χ1) is 8.56. The second kappa shape index (κ2) is 5.38. The molecule has 2 rings (SSSR count). The highest BCUT2D eigenvalue weighted by molar-refractivity contribution is 9.10. The molecule has 0 radical (unpaired) electrons. The molecular weight excluding hydrogens is 322 g/mol. The molecule has 0 aliphatic carbocycles. The van der Waals surface area contributed by atoms with Crippen LogP contribution in [0.25, 0.3) is 0 Å². The van der Waals surface area contributed by atoms with Gasteiger partial charge in [-0.15, -0.1) is 0 Å². The molecule has 0 saturated heterocycles. The Balaban J connectivity index is 2.51. The summed E-state index contributed by atoms with van der Waals surface area (Å²) in [6.07, 6.45) is 0.446. The summed E-state index contributed by atoms with van der Waals surface area (Å²) < 4.78 is 15.3. The van der Waals surface area contributed by atoms with E-state index in [0.29, 0.717) is 22.8 Å². The highest BCUT2D eigenvalue weighted by Gasteiger charge is 2.22. The summed E-state index contributed by atoms with van der Waals surface area (Å²) in [5.41, 5.74) is 0.887. The third kappa shape index (κ3) is 2.30. The van der Waals surface area contributed by atoms with Crippen LogP contribution in [-0.2, 0) is 6.54 Å². The molecule has 0 amide bonds. The zero-order valence-electron chi connectivity index (χ0n) is 9.57. The lowest BCUT2D eigenvalue weighted by atomic mass is 10.1. The monoisotopic (exact) mass is 332 g/mol. The van der Waals surface area contributed by atoms with Gasteiger partial charge in [-0.1, -0.05) is 23.7 Å². The van der Waals surface area contributed by atoms with Crippen LogP contribution in [0.5, 0.6) is 0 Å². The van der Waals surface area contributed by atoms with Gasteiger partial charge in [-0.3, -0.25) is 4.68 Å². The lowest BCUT2D eigenvalue weighted by molar-refractivity contribution is 0.207. The first-order valence-corrected chi connectivity index (χ1v) is 6.56. The summed E-state index contributed by atoms with van der Waals surface area (Å²) in [5, 5.41) is 14.7. The Kier molecular flexibility index (Phi) is 4.04. The van der Waals surface area contributed by atoms with Crippen LogP contribution in [0.1, 0.15) is 24.3 Å². The molecule has 0 aliphatic heterocycles. The summed E-state index contributed by atoms with van der Waals surface area (Å²) in [5.74, 6) is -0.426. The largest absolute Gasteiger partial charge is 0.382 e. The van der Waals surface area contributed by atoms with Crippen LogP contribution in [-0.4, -0.2) is 14.9 Å². The predicted molar refractivity (Wildman–Crippen MR) is 71.1 cm³/mol.